The van der Waals surface area contributed by atoms with Crippen LogP contribution in [0, 0.1) is 0 Å². The lowest BCUT2D eigenvalue weighted by Crippen LogP contribution is -2.52. The van der Waals surface area contributed by atoms with Crippen molar-refractivity contribution in [3.8, 4) is 0 Å². The average molecular weight is 427 g/mol. The number of amides is 1. The summed E-state index contributed by atoms with van der Waals surface area (Å²) in [5, 5.41) is 2.23. The Morgan fingerprint density at radius 2 is 2.00 bits per heavy atom. The first-order chi connectivity index (χ1) is 9.77. The molecule has 2 atom stereocenters. The molecule has 2 rings (SSSR count). The molecule has 0 spiro atoms. The summed E-state index contributed by atoms with van der Waals surface area (Å²) in [5.41, 5.74) is 0.240. The molecule has 1 fully saturated rings. The number of benzene rings is 1. The number of rotatable bonds is 4. The molecule has 4 nitrogen and oxygen atoms in total. The lowest BCUT2D eigenvalue weighted by molar-refractivity contribution is -0.144. The lowest BCUT2D eigenvalue weighted by atomic mass is 10.1. The molecule has 0 aromatic heterocycles. The molecule has 0 radical (unpaired) electrons. The third-order valence-electron chi connectivity index (χ3n) is 3.03. The summed E-state index contributed by atoms with van der Waals surface area (Å²) in [4.78, 5) is 19.7. The van der Waals surface area contributed by atoms with E-state index >= 15 is 0 Å². The number of hydrogen-bond donors (Lipinski definition) is 1. The average Bonchev–Trinajstić information content (AvgIpc) is 2.81. The van der Waals surface area contributed by atoms with Gasteiger partial charge in [-0.1, -0.05) is 15.9 Å². The van der Waals surface area contributed by atoms with E-state index in [4.69, 9.17) is 4.74 Å². The predicted octanol–water partition coefficient (Wildman–Crippen LogP) is 3.24. The first kappa shape index (κ1) is 16.4. The van der Waals surface area contributed by atoms with Crippen LogP contribution in [-0.4, -0.2) is 28.9 Å². The molecule has 1 saturated heterocycles. The Balaban J connectivity index is 2.13. The zero-order chi connectivity index (χ0) is 15.6. The molecule has 0 bridgehead atoms. The van der Waals surface area contributed by atoms with E-state index in [-0.39, 0.29) is 18.4 Å². The van der Waals surface area contributed by atoms with Crippen molar-refractivity contribution in [1.82, 2.24) is 5.32 Å². The number of ether oxygens (including phenoxy) is 1. The van der Waals surface area contributed by atoms with Gasteiger partial charge in [0.05, 0.1) is 0 Å². The fraction of sp³-hybridized carbons (Fsp3) is 0.385. The van der Waals surface area contributed by atoms with Crippen LogP contribution in [0.3, 0.4) is 0 Å². The van der Waals surface area contributed by atoms with Crippen LogP contribution < -0.4 is 5.32 Å². The quantitative estimate of drug-likeness (QED) is 0.594. The summed E-state index contributed by atoms with van der Waals surface area (Å²) in [7, 11) is 0. The third kappa shape index (κ3) is 4.23. The zero-order valence-corrected chi connectivity index (χ0v) is 13.8. The molecule has 114 valence electrons. The summed E-state index contributed by atoms with van der Waals surface area (Å²) in [5.74, 6) is -1.20. The van der Waals surface area contributed by atoms with Crippen molar-refractivity contribution in [2.75, 3.05) is 0 Å². The van der Waals surface area contributed by atoms with E-state index in [1.54, 1.807) is 12.1 Å². The van der Waals surface area contributed by atoms with E-state index in [0.717, 1.165) is 4.47 Å². The lowest BCUT2D eigenvalue weighted by Gasteiger charge is -2.27. The van der Waals surface area contributed by atoms with Gasteiger partial charge >= 0.3 is 10.8 Å². The molecule has 1 heterocycles. The number of esters is 1. The van der Waals surface area contributed by atoms with Gasteiger partial charge in [0, 0.05) is 16.5 Å². The second kappa shape index (κ2) is 6.39. The Morgan fingerprint density at radius 1 is 1.38 bits per heavy atom. The molecule has 1 amide bonds. The van der Waals surface area contributed by atoms with Crippen LogP contribution in [0.25, 0.3) is 0 Å². The number of alkyl halides is 3. The highest BCUT2D eigenvalue weighted by Gasteiger charge is 2.47. The predicted molar refractivity (Wildman–Crippen MR) is 78.4 cm³/mol. The summed E-state index contributed by atoms with van der Waals surface area (Å²) in [6.45, 7) is 0. The SMILES string of the molecule is O=C1CC[C@H]([C@H](NC(=O)c2ccc(Br)cc2)C(F)(F)Br)O1. The largest absolute Gasteiger partial charge is 0.460 e. The van der Waals surface area contributed by atoms with E-state index in [0.29, 0.717) is 0 Å². The molecule has 0 saturated carbocycles. The standard InChI is InChI=1S/C13H11Br2F2NO3/c14-8-3-1-7(2-4-8)12(20)18-11(13(15,16)17)9-5-6-10(19)21-9/h1-4,9,11H,5-6H2,(H,18,20)/t9-,11+/m1/s1. The molecule has 1 aliphatic rings. The maximum atomic E-state index is 13.6. The van der Waals surface area contributed by atoms with Crippen LogP contribution in [-0.2, 0) is 9.53 Å². The van der Waals surface area contributed by atoms with Gasteiger partial charge in [-0.05, 0) is 46.6 Å². The molecule has 8 heteroatoms. The number of hydrogen-bond acceptors (Lipinski definition) is 3. The molecule has 0 unspecified atom stereocenters. The van der Waals surface area contributed by atoms with Crippen molar-refractivity contribution in [3.05, 3.63) is 34.3 Å². The maximum absolute atomic E-state index is 13.6. The molecular formula is C13H11Br2F2NO3. The Labute approximate surface area is 136 Å². The molecule has 1 aromatic rings. The van der Waals surface area contributed by atoms with Gasteiger partial charge in [-0.25, -0.2) is 0 Å². The van der Waals surface area contributed by atoms with Crippen LogP contribution in [0.15, 0.2) is 28.7 Å². The Hall–Kier alpha value is -1.02. The van der Waals surface area contributed by atoms with E-state index in [9.17, 15) is 18.4 Å². The number of cyclic esters (lactones) is 1. The second-order valence-corrected chi connectivity index (χ2v) is 6.54. The topological polar surface area (TPSA) is 55.4 Å². The van der Waals surface area contributed by atoms with Crippen LogP contribution in [0.4, 0.5) is 8.78 Å². The van der Waals surface area contributed by atoms with Crippen LogP contribution in [0.5, 0.6) is 0 Å². The van der Waals surface area contributed by atoms with Gasteiger partial charge in [-0.2, -0.15) is 8.78 Å². The fourth-order valence-electron chi connectivity index (χ4n) is 1.99. The van der Waals surface area contributed by atoms with E-state index in [1.165, 1.54) is 12.1 Å². The summed E-state index contributed by atoms with van der Waals surface area (Å²) < 4.78 is 32.8. The van der Waals surface area contributed by atoms with Gasteiger partial charge in [0.1, 0.15) is 12.1 Å². The highest BCUT2D eigenvalue weighted by atomic mass is 79.9. The Morgan fingerprint density at radius 3 is 2.48 bits per heavy atom. The van der Waals surface area contributed by atoms with Gasteiger partial charge in [-0.15, -0.1) is 0 Å². The minimum Gasteiger partial charge on any atom is -0.460 e. The number of halogens is 4. The molecule has 21 heavy (non-hydrogen) atoms. The van der Waals surface area contributed by atoms with Gasteiger partial charge in [0.25, 0.3) is 5.91 Å². The van der Waals surface area contributed by atoms with Gasteiger partial charge in [-0.3, -0.25) is 9.59 Å². The molecule has 0 aliphatic carbocycles. The van der Waals surface area contributed by atoms with E-state index in [2.05, 4.69) is 37.2 Å². The minimum atomic E-state index is -3.38. The van der Waals surface area contributed by atoms with Crippen molar-refractivity contribution in [1.29, 1.82) is 0 Å². The maximum Gasteiger partial charge on any atom is 0.324 e. The minimum absolute atomic E-state index is 0.0679. The van der Waals surface area contributed by atoms with Crippen molar-refractivity contribution in [2.45, 2.75) is 29.8 Å². The monoisotopic (exact) mass is 425 g/mol. The smallest absolute Gasteiger partial charge is 0.324 e. The Kier molecular flexibility index (Phi) is 4.98. The summed E-state index contributed by atoms with van der Waals surface area (Å²) >= 11 is 5.46. The highest BCUT2D eigenvalue weighted by Crippen LogP contribution is 2.33. The second-order valence-electron chi connectivity index (χ2n) is 4.57. The highest BCUT2D eigenvalue weighted by molar-refractivity contribution is 9.10. The normalized spacial score (nSPS) is 20.0. The molecule has 1 aromatic carbocycles. The van der Waals surface area contributed by atoms with E-state index in [1.807, 2.05) is 0 Å². The van der Waals surface area contributed by atoms with Crippen LogP contribution in [0.1, 0.15) is 23.2 Å². The van der Waals surface area contributed by atoms with E-state index < -0.39 is 28.9 Å². The van der Waals surface area contributed by atoms with Crippen molar-refractivity contribution < 1.29 is 23.1 Å². The molecular weight excluding hydrogens is 416 g/mol. The van der Waals surface area contributed by atoms with Crippen LogP contribution in [0.2, 0.25) is 0 Å². The number of nitrogens with one attached hydrogen (secondary N) is 1. The van der Waals surface area contributed by atoms with Gasteiger partial charge < -0.3 is 10.1 Å². The van der Waals surface area contributed by atoms with Crippen molar-refractivity contribution in [3.63, 3.8) is 0 Å². The fourth-order valence-corrected chi connectivity index (χ4v) is 2.67. The van der Waals surface area contributed by atoms with Gasteiger partial charge in [0.2, 0.25) is 0 Å². The Bertz CT molecular complexity index is 545. The zero-order valence-electron chi connectivity index (χ0n) is 10.6. The number of carbonyl (C=O) groups is 2. The summed E-state index contributed by atoms with van der Waals surface area (Å²) in [6, 6.07) is 4.64. The summed E-state index contributed by atoms with van der Waals surface area (Å²) in [6.07, 6.45) is -0.838. The first-order valence-corrected chi connectivity index (χ1v) is 7.68. The van der Waals surface area contributed by atoms with Gasteiger partial charge in [0.15, 0.2) is 0 Å². The molecule has 1 aliphatic heterocycles. The molecule has 1 N–H and O–H groups in total. The van der Waals surface area contributed by atoms with Crippen molar-refractivity contribution >= 4 is 43.7 Å². The van der Waals surface area contributed by atoms with Crippen molar-refractivity contribution in [2.24, 2.45) is 0 Å². The third-order valence-corrected chi connectivity index (χ3v) is 4.06. The van der Waals surface area contributed by atoms with Crippen LogP contribution >= 0.6 is 31.9 Å². The first-order valence-electron chi connectivity index (χ1n) is 6.10. The number of carbonyl (C=O) groups excluding carboxylic acids is 2.